The van der Waals surface area contributed by atoms with Gasteiger partial charge in [-0.05, 0) is 38.8 Å². The fourth-order valence-electron chi connectivity index (χ4n) is 6.44. The minimum Gasteiger partial charge on any atom is -0.427 e. The Kier molecular flexibility index (Phi) is 9.75. The maximum absolute atomic E-state index is 7.96. The van der Waals surface area contributed by atoms with Crippen LogP contribution in [-0.2, 0) is 8.23 Å². The first-order chi connectivity index (χ1) is 20.8. The fourth-order valence-corrected chi connectivity index (χ4v) is 20.1. The molecular formula is C37H40O2Si3. The van der Waals surface area contributed by atoms with Gasteiger partial charge in [-0.2, -0.15) is 0 Å². The normalized spacial score (nSPS) is 14.6. The Hall–Kier alpha value is -3.33. The Morgan fingerprint density at radius 2 is 0.714 bits per heavy atom. The quantitative estimate of drug-likeness (QED) is 0.163. The van der Waals surface area contributed by atoms with Crippen molar-refractivity contribution in [1.82, 2.24) is 0 Å². The zero-order valence-electron chi connectivity index (χ0n) is 24.2. The summed E-state index contributed by atoms with van der Waals surface area (Å²) >= 11 is 0. The Morgan fingerprint density at radius 1 is 0.405 bits per heavy atom. The molecule has 42 heavy (non-hydrogen) atoms. The van der Waals surface area contributed by atoms with Crippen LogP contribution in [0.25, 0.3) is 0 Å². The number of benzene rings is 5. The molecule has 5 aromatic carbocycles. The van der Waals surface area contributed by atoms with Crippen LogP contribution in [0.15, 0.2) is 152 Å². The minimum absolute atomic E-state index is 0.396. The van der Waals surface area contributed by atoms with Crippen LogP contribution in [0.3, 0.4) is 0 Å². The van der Waals surface area contributed by atoms with Gasteiger partial charge in [-0.15, -0.1) is 0 Å². The summed E-state index contributed by atoms with van der Waals surface area (Å²) in [5.74, 6) is 0. The van der Waals surface area contributed by atoms with Crippen molar-refractivity contribution >= 4 is 52.6 Å². The average Bonchev–Trinajstić information content (AvgIpc) is 3.37. The smallest absolute Gasteiger partial charge is 0.355 e. The SMILES string of the molecule is c1ccc([SiH](O[Si](O[SiH](c2ccccc2)c2ccccc2)(c2ccccc2)C2CCCCCC2)c2ccccc2)cc1. The van der Waals surface area contributed by atoms with E-state index in [1.54, 1.807) is 0 Å². The second-order valence-electron chi connectivity index (χ2n) is 11.4. The molecule has 0 amide bonds. The molecule has 0 unspecified atom stereocenters. The molecule has 212 valence electrons. The Balaban J connectivity index is 1.56. The van der Waals surface area contributed by atoms with E-state index in [-0.39, 0.29) is 0 Å². The van der Waals surface area contributed by atoms with Gasteiger partial charge in [0.25, 0.3) is 0 Å². The third-order valence-corrected chi connectivity index (χ3v) is 20.0. The molecule has 1 aliphatic carbocycles. The lowest BCUT2D eigenvalue weighted by molar-refractivity contribution is 0.385. The summed E-state index contributed by atoms with van der Waals surface area (Å²) < 4.78 is 15.9. The van der Waals surface area contributed by atoms with E-state index in [2.05, 4.69) is 152 Å². The molecule has 5 aromatic rings. The van der Waals surface area contributed by atoms with E-state index < -0.39 is 26.6 Å². The summed E-state index contributed by atoms with van der Waals surface area (Å²) in [6.45, 7) is 0. The molecule has 0 bridgehead atoms. The first kappa shape index (κ1) is 28.8. The van der Waals surface area contributed by atoms with Crippen molar-refractivity contribution < 1.29 is 8.23 Å². The topological polar surface area (TPSA) is 18.5 Å². The van der Waals surface area contributed by atoms with Crippen molar-refractivity contribution in [2.24, 2.45) is 0 Å². The van der Waals surface area contributed by atoms with E-state index in [1.165, 1.54) is 51.6 Å². The lowest BCUT2D eigenvalue weighted by atomic mass is 10.2. The van der Waals surface area contributed by atoms with Gasteiger partial charge >= 0.3 is 8.56 Å². The molecule has 0 aromatic heterocycles. The maximum Gasteiger partial charge on any atom is 0.355 e. The van der Waals surface area contributed by atoms with Crippen LogP contribution in [-0.4, -0.2) is 26.6 Å². The third-order valence-electron chi connectivity index (χ3n) is 8.56. The van der Waals surface area contributed by atoms with Crippen LogP contribution in [0, 0.1) is 0 Å². The van der Waals surface area contributed by atoms with Crippen molar-refractivity contribution in [3.63, 3.8) is 0 Å². The second-order valence-corrected chi connectivity index (χ2v) is 20.2. The maximum atomic E-state index is 7.96. The lowest BCUT2D eigenvalue weighted by Gasteiger charge is -2.43. The number of hydrogen-bond donors (Lipinski definition) is 0. The van der Waals surface area contributed by atoms with E-state index in [0.717, 1.165) is 12.8 Å². The predicted molar refractivity (Wildman–Crippen MR) is 184 cm³/mol. The molecular weight excluding hydrogens is 561 g/mol. The highest BCUT2D eigenvalue weighted by Gasteiger charge is 2.51. The average molecular weight is 601 g/mol. The highest BCUT2D eigenvalue weighted by Crippen LogP contribution is 2.38. The Labute approximate surface area is 255 Å². The molecule has 1 saturated carbocycles. The van der Waals surface area contributed by atoms with Crippen molar-refractivity contribution in [2.75, 3.05) is 0 Å². The van der Waals surface area contributed by atoms with Crippen molar-refractivity contribution in [3.05, 3.63) is 152 Å². The lowest BCUT2D eigenvalue weighted by Crippen LogP contribution is -2.68. The molecule has 0 atom stereocenters. The van der Waals surface area contributed by atoms with E-state index >= 15 is 0 Å². The number of rotatable bonds is 10. The minimum atomic E-state index is -3.04. The summed E-state index contributed by atoms with van der Waals surface area (Å²) in [5.41, 5.74) is 0.396. The monoisotopic (exact) mass is 600 g/mol. The fraction of sp³-hybridized carbons (Fsp3) is 0.189. The summed E-state index contributed by atoms with van der Waals surface area (Å²) in [4.78, 5) is 0. The molecule has 0 radical (unpaired) electrons. The molecule has 6 rings (SSSR count). The Bertz CT molecular complexity index is 1310. The molecule has 1 fully saturated rings. The van der Waals surface area contributed by atoms with Crippen molar-refractivity contribution in [3.8, 4) is 0 Å². The molecule has 1 aliphatic rings. The molecule has 0 N–H and O–H groups in total. The van der Waals surface area contributed by atoms with E-state index in [1.807, 2.05) is 0 Å². The van der Waals surface area contributed by atoms with Crippen LogP contribution in [0.4, 0.5) is 0 Å². The van der Waals surface area contributed by atoms with Gasteiger partial charge in [-0.3, -0.25) is 0 Å². The van der Waals surface area contributed by atoms with Gasteiger partial charge in [0.2, 0.25) is 18.1 Å². The van der Waals surface area contributed by atoms with Crippen LogP contribution >= 0.6 is 0 Å². The van der Waals surface area contributed by atoms with Crippen LogP contribution < -0.4 is 25.9 Å². The highest BCUT2D eigenvalue weighted by atomic mass is 28.5. The molecule has 0 aliphatic heterocycles. The van der Waals surface area contributed by atoms with Crippen molar-refractivity contribution in [2.45, 2.75) is 44.1 Å². The highest BCUT2D eigenvalue weighted by molar-refractivity contribution is 6.98. The van der Waals surface area contributed by atoms with Gasteiger partial charge in [0.1, 0.15) is 0 Å². The van der Waals surface area contributed by atoms with Gasteiger partial charge in [0.15, 0.2) is 0 Å². The van der Waals surface area contributed by atoms with Gasteiger partial charge in [-0.1, -0.05) is 177 Å². The molecule has 0 spiro atoms. The first-order valence-corrected chi connectivity index (χ1v) is 20.6. The zero-order chi connectivity index (χ0) is 28.5. The van der Waals surface area contributed by atoms with E-state index in [4.69, 9.17) is 8.23 Å². The van der Waals surface area contributed by atoms with Crippen LogP contribution in [0.2, 0.25) is 5.54 Å². The summed E-state index contributed by atoms with van der Waals surface area (Å²) in [6.07, 6.45) is 7.40. The van der Waals surface area contributed by atoms with Gasteiger partial charge in [-0.25, -0.2) is 0 Å². The van der Waals surface area contributed by atoms with Crippen LogP contribution in [0.5, 0.6) is 0 Å². The second kappa shape index (κ2) is 14.2. The molecule has 0 heterocycles. The standard InChI is InChI=1S/C37H40O2Si3/c1-2-17-29-36(28-16-1)42(37-30-18-7-19-31-37,38-40(32-20-8-3-9-21-32)33-22-10-4-11-23-33)39-41(34-24-12-5-13-25-34)35-26-14-6-15-27-35/h3-15,18-27,30-31,36,40-41H,1-2,16-17,28-29H2. The number of hydrogen-bond acceptors (Lipinski definition) is 2. The predicted octanol–water partition coefficient (Wildman–Crippen LogP) is 5.17. The van der Waals surface area contributed by atoms with Gasteiger partial charge in [0, 0.05) is 5.54 Å². The molecule has 0 saturated heterocycles. The Morgan fingerprint density at radius 3 is 1.05 bits per heavy atom. The van der Waals surface area contributed by atoms with Crippen LogP contribution in [0.1, 0.15) is 38.5 Å². The van der Waals surface area contributed by atoms with Crippen molar-refractivity contribution in [1.29, 1.82) is 0 Å². The molecule has 2 nitrogen and oxygen atoms in total. The van der Waals surface area contributed by atoms with Gasteiger partial charge in [0.05, 0.1) is 0 Å². The van der Waals surface area contributed by atoms with E-state index in [9.17, 15) is 0 Å². The first-order valence-electron chi connectivity index (χ1n) is 15.4. The van der Waals surface area contributed by atoms with E-state index in [0.29, 0.717) is 5.54 Å². The van der Waals surface area contributed by atoms with Gasteiger partial charge < -0.3 is 8.23 Å². The third kappa shape index (κ3) is 6.66. The molecule has 5 heteroatoms. The summed E-state index contributed by atoms with van der Waals surface area (Å²) in [7, 11) is -7.27. The largest absolute Gasteiger partial charge is 0.427 e. The summed E-state index contributed by atoms with van der Waals surface area (Å²) in [5, 5.41) is 6.53. The summed E-state index contributed by atoms with van der Waals surface area (Å²) in [6, 6.07) is 55.0. The zero-order valence-corrected chi connectivity index (χ0v) is 27.5.